The highest BCUT2D eigenvalue weighted by atomic mass is 16.5. The number of nitrogens with zero attached hydrogens (tertiary/aromatic N) is 2. The van der Waals surface area contributed by atoms with Crippen molar-refractivity contribution < 1.29 is 4.74 Å². The molecule has 128 valence electrons. The van der Waals surface area contributed by atoms with Gasteiger partial charge in [0, 0.05) is 32.2 Å². The molecule has 23 heavy (non-hydrogen) atoms. The first-order valence-electron chi connectivity index (χ1n) is 9.56. The SMILES string of the molecule is c1ccc(OCCCCN2CCN(C3CCCCC3)CC2)cc1. The summed E-state index contributed by atoms with van der Waals surface area (Å²) >= 11 is 0. The van der Waals surface area contributed by atoms with Gasteiger partial charge < -0.3 is 9.64 Å². The number of para-hydroxylation sites is 1. The number of ether oxygens (including phenoxy) is 1. The van der Waals surface area contributed by atoms with E-state index in [1.165, 1.54) is 71.2 Å². The van der Waals surface area contributed by atoms with E-state index in [2.05, 4.69) is 9.80 Å². The fourth-order valence-corrected chi connectivity index (χ4v) is 3.94. The Bertz CT molecular complexity index is 423. The second kappa shape index (κ2) is 9.29. The molecule has 1 saturated carbocycles. The normalized spacial score (nSPS) is 21.4. The first-order chi connectivity index (χ1) is 11.4. The van der Waals surface area contributed by atoms with Gasteiger partial charge in [-0.05, 0) is 44.4 Å². The van der Waals surface area contributed by atoms with Gasteiger partial charge in [0.2, 0.25) is 0 Å². The quantitative estimate of drug-likeness (QED) is 0.712. The van der Waals surface area contributed by atoms with Crippen LogP contribution in [-0.4, -0.2) is 55.2 Å². The summed E-state index contributed by atoms with van der Waals surface area (Å²) in [5.41, 5.74) is 0. The predicted molar refractivity (Wildman–Crippen MR) is 96.1 cm³/mol. The van der Waals surface area contributed by atoms with Crippen molar-refractivity contribution in [2.24, 2.45) is 0 Å². The first-order valence-corrected chi connectivity index (χ1v) is 9.56. The van der Waals surface area contributed by atoms with Crippen LogP contribution in [0.4, 0.5) is 0 Å². The minimum absolute atomic E-state index is 0.839. The van der Waals surface area contributed by atoms with E-state index in [9.17, 15) is 0 Å². The Hall–Kier alpha value is -1.06. The van der Waals surface area contributed by atoms with Crippen LogP contribution in [0.2, 0.25) is 0 Å². The Morgan fingerprint density at radius 3 is 2.35 bits per heavy atom. The van der Waals surface area contributed by atoms with Crippen molar-refractivity contribution >= 4 is 0 Å². The Kier molecular flexibility index (Phi) is 6.78. The van der Waals surface area contributed by atoms with Crippen molar-refractivity contribution in [3.05, 3.63) is 30.3 Å². The number of piperazine rings is 1. The lowest BCUT2D eigenvalue weighted by Crippen LogP contribution is -2.50. The average molecular weight is 316 g/mol. The van der Waals surface area contributed by atoms with Gasteiger partial charge in [0.1, 0.15) is 5.75 Å². The van der Waals surface area contributed by atoms with Gasteiger partial charge in [0.15, 0.2) is 0 Å². The van der Waals surface area contributed by atoms with Crippen molar-refractivity contribution in [3.63, 3.8) is 0 Å². The Morgan fingerprint density at radius 1 is 0.870 bits per heavy atom. The highest BCUT2D eigenvalue weighted by Crippen LogP contribution is 2.23. The molecule has 0 bridgehead atoms. The summed E-state index contributed by atoms with van der Waals surface area (Å²) in [6.45, 7) is 7.16. The molecule has 1 saturated heterocycles. The lowest BCUT2D eigenvalue weighted by Gasteiger charge is -2.40. The molecular weight excluding hydrogens is 284 g/mol. The van der Waals surface area contributed by atoms with Crippen LogP contribution in [0, 0.1) is 0 Å². The van der Waals surface area contributed by atoms with Gasteiger partial charge >= 0.3 is 0 Å². The molecule has 0 spiro atoms. The maximum Gasteiger partial charge on any atom is 0.119 e. The zero-order valence-electron chi connectivity index (χ0n) is 14.5. The molecule has 1 aliphatic heterocycles. The van der Waals surface area contributed by atoms with Gasteiger partial charge in [0.25, 0.3) is 0 Å². The second-order valence-electron chi connectivity index (χ2n) is 7.04. The van der Waals surface area contributed by atoms with Crippen LogP contribution >= 0.6 is 0 Å². The second-order valence-corrected chi connectivity index (χ2v) is 7.04. The highest BCUT2D eigenvalue weighted by Gasteiger charge is 2.24. The fourth-order valence-electron chi connectivity index (χ4n) is 3.94. The van der Waals surface area contributed by atoms with Crippen LogP contribution in [0.25, 0.3) is 0 Å². The molecule has 0 N–H and O–H groups in total. The monoisotopic (exact) mass is 316 g/mol. The number of benzene rings is 1. The third kappa shape index (κ3) is 5.50. The van der Waals surface area contributed by atoms with E-state index in [1.807, 2.05) is 30.3 Å². The summed E-state index contributed by atoms with van der Waals surface area (Å²) in [5.74, 6) is 0.994. The summed E-state index contributed by atoms with van der Waals surface area (Å²) in [4.78, 5) is 5.40. The molecule has 0 aromatic heterocycles. The number of hydrogen-bond acceptors (Lipinski definition) is 3. The predicted octanol–water partition coefficient (Wildman–Crippen LogP) is 3.80. The first kappa shape index (κ1) is 16.8. The molecule has 3 heteroatoms. The van der Waals surface area contributed by atoms with Crippen LogP contribution < -0.4 is 4.74 Å². The smallest absolute Gasteiger partial charge is 0.119 e. The van der Waals surface area contributed by atoms with E-state index in [0.717, 1.165) is 24.8 Å². The number of hydrogen-bond donors (Lipinski definition) is 0. The Labute approximate surface area is 141 Å². The van der Waals surface area contributed by atoms with Crippen molar-refractivity contribution in [2.75, 3.05) is 39.3 Å². The van der Waals surface area contributed by atoms with Crippen molar-refractivity contribution in [1.29, 1.82) is 0 Å². The summed E-state index contributed by atoms with van der Waals surface area (Å²) in [7, 11) is 0. The highest BCUT2D eigenvalue weighted by molar-refractivity contribution is 5.20. The summed E-state index contributed by atoms with van der Waals surface area (Å²) in [6, 6.07) is 11.0. The molecule has 1 aliphatic carbocycles. The molecule has 1 aromatic rings. The zero-order chi connectivity index (χ0) is 15.7. The van der Waals surface area contributed by atoms with Gasteiger partial charge in [-0.1, -0.05) is 37.5 Å². The molecule has 1 heterocycles. The maximum atomic E-state index is 5.77. The largest absolute Gasteiger partial charge is 0.494 e. The molecule has 0 radical (unpaired) electrons. The van der Waals surface area contributed by atoms with E-state index >= 15 is 0 Å². The van der Waals surface area contributed by atoms with Crippen LogP contribution in [0.15, 0.2) is 30.3 Å². The zero-order valence-corrected chi connectivity index (χ0v) is 14.5. The molecule has 0 atom stereocenters. The average Bonchev–Trinajstić information content (AvgIpc) is 2.64. The number of rotatable bonds is 7. The van der Waals surface area contributed by atoms with E-state index in [4.69, 9.17) is 4.74 Å². The van der Waals surface area contributed by atoms with Crippen LogP contribution in [0.3, 0.4) is 0 Å². The molecule has 3 rings (SSSR count). The van der Waals surface area contributed by atoms with E-state index < -0.39 is 0 Å². The molecular formula is C20H32N2O. The molecule has 0 amide bonds. The minimum Gasteiger partial charge on any atom is -0.494 e. The fraction of sp³-hybridized carbons (Fsp3) is 0.700. The molecule has 3 nitrogen and oxygen atoms in total. The third-order valence-corrected chi connectivity index (χ3v) is 5.38. The van der Waals surface area contributed by atoms with E-state index in [1.54, 1.807) is 0 Å². The van der Waals surface area contributed by atoms with Crippen molar-refractivity contribution in [2.45, 2.75) is 51.0 Å². The molecule has 0 unspecified atom stereocenters. The van der Waals surface area contributed by atoms with Gasteiger partial charge in [-0.3, -0.25) is 4.90 Å². The lowest BCUT2D eigenvalue weighted by atomic mass is 9.94. The van der Waals surface area contributed by atoms with E-state index in [0.29, 0.717) is 0 Å². The van der Waals surface area contributed by atoms with Crippen molar-refractivity contribution in [3.8, 4) is 5.75 Å². The third-order valence-electron chi connectivity index (χ3n) is 5.38. The van der Waals surface area contributed by atoms with Gasteiger partial charge in [-0.2, -0.15) is 0 Å². The van der Waals surface area contributed by atoms with Crippen LogP contribution in [0.1, 0.15) is 44.9 Å². The molecule has 1 aromatic carbocycles. The summed E-state index contributed by atoms with van der Waals surface area (Å²) < 4.78 is 5.77. The topological polar surface area (TPSA) is 15.7 Å². The van der Waals surface area contributed by atoms with Crippen LogP contribution in [-0.2, 0) is 0 Å². The van der Waals surface area contributed by atoms with Gasteiger partial charge in [-0.15, -0.1) is 0 Å². The molecule has 2 aliphatic rings. The Balaban J connectivity index is 1.25. The van der Waals surface area contributed by atoms with Gasteiger partial charge in [-0.25, -0.2) is 0 Å². The minimum atomic E-state index is 0.839. The van der Waals surface area contributed by atoms with Crippen LogP contribution in [0.5, 0.6) is 5.75 Å². The summed E-state index contributed by atoms with van der Waals surface area (Å²) in [5, 5.41) is 0. The number of unbranched alkanes of at least 4 members (excludes halogenated alkanes) is 1. The lowest BCUT2D eigenvalue weighted by molar-refractivity contribution is 0.0776. The summed E-state index contributed by atoms with van der Waals surface area (Å²) in [6.07, 6.45) is 9.64. The van der Waals surface area contributed by atoms with Crippen molar-refractivity contribution in [1.82, 2.24) is 9.80 Å². The van der Waals surface area contributed by atoms with E-state index in [-0.39, 0.29) is 0 Å². The maximum absolute atomic E-state index is 5.77. The molecule has 2 fully saturated rings. The van der Waals surface area contributed by atoms with Gasteiger partial charge in [0.05, 0.1) is 6.61 Å². The Morgan fingerprint density at radius 2 is 1.61 bits per heavy atom. The standard InChI is InChI=1S/C20H32N2O/c1-3-9-19(10-4-1)22-16-14-21(15-17-22)13-7-8-18-23-20-11-5-2-6-12-20/h2,5-6,11-12,19H,1,3-4,7-10,13-18H2.